The lowest BCUT2D eigenvalue weighted by Gasteiger charge is -2.13. The number of hydrogen-bond acceptors (Lipinski definition) is 2. The smallest absolute Gasteiger partial charge is 0.133 e. The maximum Gasteiger partial charge on any atom is 0.133 e. The zero-order chi connectivity index (χ0) is 14.5. The largest absolute Gasteiger partial charge is 0.492 e. The van der Waals surface area contributed by atoms with Crippen LogP contribution in [0.3, 0.4) is 0 Å². The van der Waals surface area contributed by atoms with Crippen LogP contribution in [-0.2, 0) is 6.42 Å². The third-order valence-electron chi connectivity index (χ3n) is 3.08. The molecule has 1 heterocycles. The Balaban J connectivity index is 2.23. The molecular formula is C16H18Br2O2. The van der Waals surface area contributed by atoms with Crippen LogP contribution in [0.15, 0.2) is 39.4 Å². The molecule has 0 aliphatic heterocycles. The molecule has 1 aromatic heterocycles. The van der Waals surface area contributed by atoms with Crippen LogP contribution < -0.4 is 4.74 Å². The third-order valence-corrected chi connectivity index (χ3v) is 4.73. The minimum Gasteiger partial charge on any atom is -0.492 e. The second kappa shape index (κ2) is 7.32. The SMILES string of the molecule is CCCOc1ccc(C(Br)c2ccoc2CC)cc1Br. The van der Waals surface area contributed by atoms with Crippen LogP contribution in [0.1, 0.15) is 42.0 Å². The van der Waals surface area contributed by atoms with Gasteiger partial charge in [-0.3, -0.25) is 0 Å². The first-order valence-electron chi connectivity index (χ1n) is 6.79. The van der Waals surface area contributed by atoms with E-state index < -0.39 is 0 Å². The third kappa shape index (κ3) is 3.47. The highest BCUT2D eigenvalue weighted by Crippen LogP contribution is 2.37. The predicted molar refractivity (Wildman–Crippen MR) is 88.8 cm³/mol. The molecule has 0 fully saturated rings. The molecule has 108 valence electrons. The molecule has 0 spiro atoms. The van der Waals surface area contributed by atoms with E-state index in [1.54, 1.807) is 6.26 Å². The van der Waals surface area contributed by atoms with E-state index in [2.05, 4.69) is 57.8 Å². The Morgan fingerprint density at radius 1 is 1.25 bits per heavy atom. The number of furan rings is 1. The Labute approximate surface area is 136 Å². The Morgan fingerprint density at radius 2 is 2.05 bits per heavy atom. The van der Waals surface area contributed by atoms with Crippen molar-refractivity contribution in [2.75, 3.05) is 6.61 Å². The van der Waals surface area contributed by atoms with E-state index >= 15 is 0 Å². The molecule has 0 bridgehead atoms. The molecule has 0 saturated carbocycles. The number of aryl methyl sites for hydroxylation is 1. The number of rotatable bonds is 6. The summed E-state index contributed by atoms with van der Waals surface area (Å²) in [5, 5.41) is 0. The Morgan fingerprint density at radius 3 is 2.70 bits per heavy atom. The average molecular weight is 402 g/mol. The summed E-state index contributed by atoms with van der Waals surface area (Å²) in [6, 6.07) is 8.21. The van der Waals surface area contributed by atoms with Crippen LogP contribution in [0.4, 0.5) is 0 Å². The molecule has 1 aromatic carbocycles. The molecule has 0 amide bonds. The van der Waals surface area contributed by atoms with Gasteiger partial charge >= 0.3 is 0 Å². The average Bonchev–Trinajstić information content (AvgIpc) is 2.93. The topological polar surface area (TPSA) is 22.4 Å². The van der Waals surface area contributed by atoms with Crippen molar-refractivity contribution in [1.29, 1.82) is 0 Å². The van der Waals surface area contributed by atoms with Crippen LogP contribution in [0, 0.1) is 0 Å². The van der Waals surface area contributed by atoms with E-state index in [0.717, 1.165) is 35.4 Å². The van der Waals surface area contributed by atoms with E-state index in [9.17, 15) is 0 Å². The van der Waals surface area contributed by atoms with Crippen LogP contribution in [-0.4, -0.2) is 6.61 Å². The van der Waals surface area contributed by atoms with Gasteiger partial charge in [-0.05, 0) is 46.1 Å². The molecule has 1 unspecified atom stereocenters. The molecule has 2 aromatic rings. The second-order valence-corrected chi connectivity index (χ2v) is 6.32. The van der Waals surface area contributed by atoms with Gasteiger partial charge in [-0.1, -0.05) is 35.8 Å². The van der Waals surface area contributed by atoms with Gasteiger partial charge in [0.15, 0.2) is 0 Å². The van der Waals surface area contributed by atoms with Crippen molar-refractivity contribution in [2.24, 2.45) is 0 Å². The van der Waals surface area contributed by atoms with Gasteiger partial charge in [-0.2, -0.15) is 0 Å². The lowest BCUT2D eigenvalue weighted by Crippen LogP contribution is -1.98. The summed E-state index contributed by atoms with van der Waals surface area (Å²) in [5.74, 6) is 1.91. The van der Waals surface area contributed by atoms with Gasteiger partial charge in [0.25, 0.3) is 0 Å². The summed E-state index contributed by atoms with van der Waals surface area (Å²) in [6.45, 7) is 4.93. The lowest BCUT2D eigenvalue weighted by atomic mass is 10.0. The minimum atomic E-state index is 0.132. The summed E-state index contributed by atoms with van der Waals surface area (Å²) < 4.78 is 12.2. The fourth-order valence-corrected chi connectivity index (χ4v) is 3.25. The first-order chi connectivity index (χ1) is 9.67. The Hall–Kier alpha value is -0.740. The van der Waals surface area contributed by atoms with Crippen LogP contribution in [0.2, 0.25) is 0 Å². The molecule has 0 saturated heterocycles. The van der Waals surface area contributed by atoms with Crippen molar-refractivity contribution in [3.05, 3.63) is 51.9 Å². The minimum absolute atomic E-state index is 0.132. The van der Waals surface area contributed by atoms with Crippen molar-refractivity contribution in [2.45, 2.75) is 31.5 Å². The van der Waals surface area contributed by atoms with Crippen molar-refractivity contribution >= 4 is 31.9 Å². The highest BCUT2D eigenvalue weighted by Gasteiger charge is 2.17. The number of alkyl halides is 1. The molecule has 4 heteroatoms. The summed E-state index contributed by atoms with van der Waals surface area (Å²) in [6.07, 6.45) is 3.64. The molecular weight excluding hydrogens is 384 g/mol. The van der Waals surface area contributed by atoms with E-state index in [0.29, 0.717) is 0 Å². The van der Waals surface area contributed by atoms with Crippen molar-refractivity contribution in [3.63, 3.8) is 0 Å². The number of benzene rings is 1. The Bertz CT molecular complexity index is 563. The maximum atomic E-state index is 5.68. The van der Waals surface area contributed by atoms with E-state index in [-0.39, 0.29) is 4.83 Å². The van der Waals surface area contributed by atoms with Gasteiger partial charge in [0.2, 0.25) is 0 Å². The fourth-order valence-electron chi connectivity index (χ4n) is 2.05. The highest BCUT2D eigenvalue weighted by molar-refractivity contribution is 9.10. The summed E-state index contributed by atoms with van der Waals surface area (Å²) >= 11 is 7.33. The molecule has 0 radical (unpaired) electrons. The Kier molecular flexibility index (Phi) is 5.73. The van der Waals surface area contributed by atoms with Gasteiger partial charge in [-0.15, -0.1) is 0 Å². The number of hydrogen-bond donors (Lipinski definition) is 0. The van der Waals surface area contributed by atoms with E-state index in [1.165, 1.54) is 11.1 Å². The van der Waals surface area contributed by atoms with E-state index in [1.807, 2.05) is 12.1 Å². The number of halogens is 2. The van der Waals surface area contributed by atoms with Crippen molar-refractivity contribution in [3.8, 4) is 5.75 Å². The molecule has 20 heavy (non-hydrogen) atoms. The normalized spacial score (nSPS) is 12.4. The first kappa shape index (κ1) is 15.6. The van der Waals surface area contributed by atoms with Crippen LogP contribution >= 0.6 is 31.9 Å². The highest BCUT2D eigenvalue weighted by atomic mass is 79.9. The fraction of sp³-hybridized carbons (Fsp3) is 0.375. The standard InChI is InChI=1S/C16H18Br2O2/c1-3-8-19-15-6-5-11(10-13(15)17)16(18)12-7-9-20-14(12)4-2/h5-7,9-10,16H,3-4,8H2,1-2H3. The second-order valence-electron chi connectivity index (χ2n) is 4.55. The summed E-state index contributed by atoms with van der Waals surface area (Å²) in [5.41, 5.74) is 2.36. The predicted octanol–water partition coefficient (Wildman–Crippen LogP) is 5.88. The van der Waals surface area contributed by atoms with Crippen LogP contribution in [0.25, 0.3) is 0 Å². The van der Waals surface area contributed by atoms with Gasteiger partial charge in [0.1, 0.15) is 11.5 Å². The monoisotopic (exact) mass is 400 g/mol. The molecule has 2 nitrogen and oxygen atoms in total. The van der Waals surface area contributed by atoms with Gasteiger partial charge < -0.3 is 9.15 Å². The zero-order valence-corrected chi connectivity index (χ0v) is 14.8. The molecule has 2 rings (SSSR count). The summed E-state index contributed by atoms with van der Waals surface area (Å²) in [4.78, 5) is 0.132. The van der Waals surface area contributed by atoms with Gasteiger partial charge in [0.05, 0.1) is 22.2 Å². The molecule has 0 N–H and O–H groups in total. The van der Waals surface area contributed by atoms with Crippen molar-refractivity contribution < 1.29 is 9.15 Å². The first-order valence-corrected chi connectivity index (χ1v) is 8.50. The maximum absolute atomic E-state index is 5.68. The molecule has 0 aliphatic carbocycles. The molecule has 1 atom stereocenters. The van der Waals surface area contributed by atoms with E-state index in [4.69, 9.17) is 9.15 Å². The lowest BCUT2D eigenvalue weighted by molar-refractivity contribution is 0.315. The zero-order valence-electron chi connectivity index (χ0n) is 11.7. The number of ether oxygens (including phenoxy) is 1. The van der Waals surface area contributed by atoms with Crippen LogP contribution in [0.5, 0.6) is 5.75 Å². The quantitative estimate of drug-likeness (QED) is 0.564. The van der Waals surface area contributed by atoms with Gasteiger partial charge in [-0.25, -0.2) is 0 Å². The molecule has 0 aliphatic rings. The van der Waals surface area contributed by atoms with Crippen molar-refractivity contribution in [1.82, 2.24) is 0 Å². The van der Waals surface area contributed by atoms with Gasteiger partial charge in [0, 0.05) is 12.0 Å². The summed E-state index contributed by atoms with van der Waals surface area (Å²) in [7, 11) is 0.